The van der Waals surface area contributed by atoms with Gasteiger partial charge in [-0.15, -0.1) is 0 Å². The van der Waals surface area contributed by atoms with Crippen LogP contribution in [0.2, 0.25) is 0 Å². The maximum Gasteiger partial charge on any atom is 0.402 e. The molecule has 37 heavy (non-hydrogen) atoms. The van der Waals surface area contributed by atoms with Crippen LogP contribution in [0.25, 0.3) is 0 Å². The summed E-state index contributed by atoms with van der Waals surface area (Å²) in [6.45, 7) is 3.44. The van der Waals surface area contributed by atoms with E-state index < -0.39 is 24.0 Å². The first-order valence-electron chi connectivity index (χ1n) is 12.6. The third-order valence-electron chi connectivity index (χ3n) is 7.21. The number of hydrogen-bond donors (Lipinski definition) is 2. The van der Waals surface area contributed by atoms with Crippen LogP contribution < -0.4 is 15.8 Å². The van der Waals surface area contributed by atoms with Crippen LogP contribution in [0.3, 0.4) is 0 Å². The fourth-order valence-corrected chi connectivity index (χ4v) is 5.33. The Morgan fingerprint density at radius 2 is 2.03 bits per heavy atom. The van der Waals surface area contributed by atoms with Gasteiger partial charge in [0.15, 0.2) is 5.92 Å². The first-order valence-corrected chi connectivity index (χ1v) is 12.6. The van der Waals surface area contributed by atoms with Crippen LogP contribution >= 0.6 is 0 Å². The lowest BCUT2D eigenvalue weighted by molar-refractivity contribution is -0.201. The minimum Gasteiger partial charge on any atom is -0.379 e. The molecule has 1 aromatic heterocycles. The van der Waals surface area contributed by atoms with Crippen LogP contribution in [0.5, 0.6) is 0 Å². The van der Waals surface area contributed by atoms with Crippen molar-refractivity contribution >= 4 is 17.6 Å². The standard InChI is InChI=1S/C24H32F3N7O3/c25-24(26,27)22-19(15-30-31-23(22)36)34-9-1-3-18(34)16-37-12-6-21(35)33-8-2-7-32(10-11-33)20-5-4-17(13-28)14-29-20/h4-5,14,18-19,22,30H,1-3,6-12,15-16H2,(H,31,36)/t18-,19?,22?/m0/s1. The normalized spacial score (nSPS) is 25.5. The molecule has 3 aliphatic rings. The molecule has 3 aliphatic heterocycles. The largest absolute Gasteiger partial charge is 0.402 e. The second-order valence-electron chi connectivity index (χ2n) is 9.55. The number of amides is 2. The monoisotopic (exact) mass is 523 g/mol. The van der Waals surface area contributed by atoms with E-state index in [1.54, 1.807) is 15.9 Å². The van der Waals surface area contributed by atoms with E-state index in [4.69, 9.17) is 10.00 Å². The molecule has 10 nitrogen and oxygen atoms in total. The molecule has 0 radical (unpaired) electrons. The molecule has 0 aromatic carbocycles. The number of nitrogens with zero attached hydrogens (tertiary/aromatic N) is 5. The zero-order chi connectivity index (χ0) is 26.4. The zero-order valence-electron chi connectivity index (χ0n) is 20.5. The highest BCUT2D eigenvalue weighted by Gasteiger charge is 2.54. The average molecular weight is 524 g/mol. The lowest BCUT2D eigenvalue weighted by atomic mass is 9.94. The molecule has 3 atom stereocenters. The average Bonchev–Trinajstić information content (AvgIpc) is 3.20. The van der Waals surface area contributed by atoms with E-state index in [0.717, 1.165) is 25.2 Å². The number of carbonyl (C=O) groups is 2. The van der Waals surface area contributed by atoms with Crippen molar-refractivity contribution in [3.8, 4) is 6.07 Å². The number of anilines is 1. The second-order valence-corrected chi connectivity index (χ2v) is 9.55. The number of rotatable bonds is 7. The third-order valence-corrected chi connectivity index (χ3v) is 7.21. The maximum atomic E-state index is 13.6. The van der Waals surface area contributed by atoms with E-state index in [0.29, 0.717) is 38.2 Å². The number of hydrazine groups is 1. The Balaban J connectivity index is 1.22. The number of carbonyl (C=O) groups excluding carboxylic acids is 2. The number of ether oxygens (including phenoxy) is 1. The Kier molecular flexibility index (Phi) is 8.83. The molecule has 4 rings (SSSR count). The van der Waals surface area contributed by atoms with Gasteiger partial charge in [0, 0.05) is 51.0 Å². The molecule has 2 unspecified atom stereocenters. The topological polar surface area (TPSA) is 114 Å². The Morgan fingerprint density at radius 3 is 2.76 bits per heavy atom. The summed E-state index contributed by atoms with van der Waals surface area (Å²) in [5.41, 5.74) is 5.17. The van der Waals surface area contributed by atoms with Gasteiger partial charge in [0.05, 0.1) is 25.2 Å². The minimum absolute atomic E-state index is 0.00880. The van der Waals surface area contributed by atoms with Crippen molar-refractivity contribution in [2.75, 3.05) is 57.4 Å². The first-order chi connectivity index (χ1) is 17.8. The number of alkyl halides is 3. The summed E-state index contributed by atoms with van der Waals surface area (Å²) in [4.78, 5) is 34.7. The van der Waals surface area contributed by atoms with E-state index in [2.05, 4.69) is 20.7 Å². The Hall–Kier alpha value is -2.95. The van der Waals surface area contributed by atoms with Gasteiger partial charge in [0.25, 0.3) is 0 Å². The Bertz CT molecular complexity index is 985. The van der Waals surface area contributed by atoms with Gasteiger partial charge in [-0.1, -0.05) is 0 Å². The van der Waals surface area contributed by atoms with Crippen molar-refractivity contribution < 1.29 is 27.5 Å². The predicted octanol–water partition coefficient (Wildman–Crippen LogP) is 1.04. The highest BCUT2D eigenvalue weighted by atomic mass is 19.4. The summed E-state index contributed by atoms with van der Waals surface area (Å²) in [5, 5.41) is 8.93. The van der Waals surface area contributed by atoms with Crippen LogP contribution in [-0.4, -0.2) is 97.3 Å². The number of aromatic nitrogens is 1. The summed E-state index contributed by atoms with van der Waals surface area (Å²) in [6, 6.07) is 4.36. The number of nitriles is 1. The molecule has 1 aromatic rings. The summed E-state index contributed by atoms with van der Waals surface area (Å²) < 4.78 is 46.5. The van der Waals surface area contributed by atoms with E-state index in [9.17, 15) is 22.8 Å². The van der Waals surface area contributed by atoms with Crippen molar-refractivity contribution in [2.45, 2.75) is 43.9 Å². The van der Waals surface area contributed by atoms with Gasteiger partial charge < -0.3 is 14.5 Å². The van der Waals surface area contributed by atoms with Gasteiger partial charge in [0.1, 0.15) is 11.9 Å². The molecule has 13 heteroatoms. The van der Waals surface area contributed by atoms with Crippen LogP contribution in [0, 0.1) is 17.2 Å². The number of pyridine rings is 1. The van der Waals surface area contributed by atoms with Gasteiger partial charge in [-0.05, 0) is 37.9 Å². The molecular weight excluding hydrogens is 491 g/mol. The molecule has 0 saturated carbocycles. The quantitative estimate of drug-likeness (QED) is 0.510. The predicted molar refractivity (Wildman–Crippen MR) is 127 cm³/mol. The molecule has 202 valence electrons. The molecule has 2 N–H and O–H groups in total. The van der Waals surface area contributed by atoms with Gasteiger partial charge in [-0.25, -0.2) is 10.4 Å². The number of halogens is 3. The molecule has 0 bridgehead atoms. The van der Waals surface area contributed by atoms with Crippen molar-refractivity contribution in [2.24, 2.45) is 5.92 Å². The van der Waals surface area contributed by atoms with Crippen molar-refractivity contribution in [3.05, 3.63) is 23.9 Å². The zero-order valence-corrected chi connectivity index (χ0v) is 20.5. The van der Waals surface area contributed by atoms with E-state index in [1.165, 1.54) is 6.20 Å². The molecular formula is C24H32F3N7O3. The van der Waals surface area contributed by atoms with Gasteiger partial charge in [0.2, 0.25) is 11.8 Å². The van der Waals surface area contributed by atoms with E-state index >= 15 is 0 Å². The van der Waals surface area contributed by atoms with Gasteiger partial charge >= 0.3 is 6.18 Å². The fourth-order valence-electron chi connectivity index (χ4n) is 5.33. The molecule has 0 spiro atoms. The summed E-state index contributed by atoms with van der Waals surface area (Å²) in [7, 11) is 0. The Labute approximate surface area is 213 Å². The first kappa shape index (κ1) is 27.1. The Morgan fingerprint density at radius 1 is 1.19 bits per heavy atom. The maximum absolute atomic E-state index is 13.6. The number of nitrogens with one attached hydrogen (secondary N) is 2. The molecule has 4 heterocycles. The van der Waals surface area contributed by atoms with Crippen molar-refractivity contribution in [1.82, 2.24) is 25.6 Å². The third kappa shape index (κ3) is 6.68. The molecule has 2 amide bonds. The van der Waals surface area contributed by atoms with Gasteiger partial charge in [-0.3, -0.25) is 19.9 Å². The fraction of sp³-hybridized carbons (Fsp3) is 0.667. The highest BCUT2D eigenvalue weighted by molar-refractivity contribution is 5.80. The number of likely N-dealkylation sites (tertiary alicyclic amines) is 1. The molecule has 0 aliphatic carbocycles. The second kappa shape index (κ2) is 12.1. The van der Waals surface area contributed by atoms with Crippen LogP contribution in [-0.2, 0) is 14.3 Å². The number of hydrogen-bond acceptors (Lipinski definition) is 8. The highest BCUT2D eigenvalue weighted by Crippen LogP contribution is 2.35. The van der Waals surface area contributed by atoms with Crippen LogP contribution in [0.15, 0.2) is 18.3 Å². The lowest BCUT2D eigenvalue weighted by Crippen LogP contribution is -2.65. The summed E-state index contributed by atoms with van der Waals surface area (Å²) in [5.74, 6) is -2.40. The van der Waals surface area contributed by atoms with Gasteiger partial charge in [-0.2, -0.15) is 18.4 Å². The summed E-state index contributed by atoms with van der Waals surface area (Å²) in [6.07, 6.45) is -0.698. The summed E-state index contributed by atoms with van der Waals surface area (Å²) >= 11 is 0. The lowest BCUT2D eigenvalue weighted by Gasteiger charge is -2.40. The molecule has 3 fully saturated rings. The van der Waals surface area contributed by atoms with Crippen molar-refractivity contribution in [3.63, 3.8) is 0 Å². The SMILES string of the molecule is N#Cc1ccc(N2CCCN(C(=O)CCOC[C@@H]3CCCN3C3CNNC(=O)C3C(F)(F)F)CC2)nc1. The molecule has 3 saturated heterocycles. The van der Waals surface area contributed by atoms with Crippen LogP contribution in [0.4, 0.5) is 19.0 Å². The van der Waals surface area contributed by atoms with E-state index in [-0.39, 0.29) is 38.1 Å². The minimum atomic E-state index is -4.63. The van der Waals surface area contributed by atoms with Crippen molar-refractivity contribution in [1.29, 1.82) is 5.26 Å². The smallest absolute Gasteiger partial charge is 0.379 e. The van der Waals surface area contributed by atoms with Crippen LogP contribution in [0.1, 0.15) is 31.2 Å². The van der Waals surface area contributed by atoms with E-state index in [1.807, 2.05) is 12.1 Å².